The molecule has 2 atom stereocenters. The number of thioether (sulfide) groups is 1. The van der Waals surface area contributed by atoms with Crippen LogP contribution in [0.4, 0.5) is 0 Å². The number of rotatable bonds is 6. The van der Waals surface area contributed by atoms with Crippen LogP contribution in [0, 0.1) is 0 Å². The van der Waals surface area contributed by atoms with E-state index in [1.807, 2.05) is 0 Å². The zero-order valence-electron chi connectivity index (χ0n) is 15.1. The van der Waals surface area contributed by atoms with Gasteiger partial charge in [0, 0.05) is 30.5 Å². The Balaban J connectivity index is 1.71. The Bertz CT molecular complexity index is 989. The average molecular weight is 442 g/mol. The number of hydrogen-bond acceptors (Lipinski definition) is 7. The fraction of sp³-hybridized carbons (Fsp3) is 0.353. The highest BCUT2D eigenvalue weighted by atomic mass is 35.5. The van der Waals surface area contributed by atoms with E-state index in [1.54, 1.807) is 0 Å². The third-order valence-corrected chi connectivity index (χ3v) is 5.84. The molecular formula is C17H16ClN3O7S. The topological polar surface area (TPSA) is 135 Å². The highest BCUT2D eigenvalue weighted by Crippen LogP contribution is 2.40. The quantitative estimate of drug-likeness (QED) is 0.458. The monoisotopic (exact) mass is 441 g/mol. The molecule has 29 heavy (non-hydrogen) atoms. The van der Waals surface area contributed by atoms with Crippen LogP contribution in [0.15, 0.2) is 34.4 Å². The normalized spacial score (nSPS) is 20.6. The Morgan fingerprint density at radius 3 is 2.72 bits per heavy atom. The van der Waals surface area contributed by atoms with Crippen molar-refractivity contribution in [3.05, 3.63) is 45.0 Å². The number of aromatic nitrogens is 1. The number of aliphatic carboxylic acids is 1. The SMILES string of the molecule is CC(=O)OCC1=C(C(=O)O)N2C(=O)[C@@H](NC(=O)Cn3cc(Cl)ccc3=O)[C@H]2SC1. The van der Waals surface area contributed by atoms with Gasteiger partial charge in [0.05, 0.1) is 5.02 Å². The zero-order chi connectivity index (χ0) is 21.3. The van der Waals surface area contributed by atoms with Crippen LogP contribution < -0.4 is 10.9 Å². The van der Waals surface area contributed by atoms with Crippen molar-refractivity contribution in [1.82, 2.24) is 14.8 Å². The van der Waals surface area contributed by atoms with Gasteiger partial charge in [-0.25, -0.2) is 4.79 Å². The van der Waals surface area contributed by atoms with Gasteiger partial charge in [-0.3, -0.25) is 24.1 Å². The summed E-state index contributed by atoms with van der Waals surface area (Å²) in [5, 5.41) is 11.7. The molecule has 0 radical (unpaired) electrons. The Hall–Kier alpha value is -2.79. The first-order valence-electron chi connectivity index (χ1n) is 8.37. The standard InChI is InChI=1S/C17H16ClN3O7S/c1-8(22)28-6-9-7-29-16-13(15(25)21(16)14(9)17(26)27)19-11(23)5-20-4-10(18)2-3-12(20)24/h2-4,13,16H,5-7H2,1H3,(H,19,23)(H,26,27)/t13-,16-/m1/s1. The smallest absolute Gasteiger partial charge is 0.352 e. The molecule has 12 heteroatoms. The van der Waals surface area contributed by atoms with Gasteiger partial charge in [-0.15, -0.1) is 11.8 Å². The second kappa shape index (κ2) is 8.29. The van der Waals surface area contributed by atoms with Crippen LogP contribution in [0.2, 0.25) is 5.02 Å². The summed E-state index contributed by atoms with van der Waals surface area (Å²) in [6.07, 6.45) is 1.31. The van der Waals surface area contributed by atoms with Crippen molar-refractivity contribution in [1.29, 1.82) is 0 Å². The number of hydrogen-bond donors (Lipinski definition) is 2. The fourth-order valence-electron chi connectivity index (χ4n) is 2.98. The van der Waals surface area contributed by atoms with Crippen LogP contribution in [0.25, 0.3) is 0 Å². The van der Waals surface area contributed by atoms with Crippen molar-refractivity contribution in [2.75, 3.05) is 12.4 Å². The van der Waals surface area contributed by atoms with Crippen LogP contribution in [-0.2, 0) is 30.5 Å². The second-order valence-electron chi connectivity index (χ2n) is 6.31. The predicted octanol–water partition coefficient (Wildman–Crippen LogP) is -0.197. The highest BCUT2D eigenvalue weighted by molar-refractivity contribution is 8.00. The summed E-state index contributed by atoms with van der Waals surface area (Å²) in [4.78, 5) is 60.3. The molecular weight excluding hydrogens is 426 g/mol. The van der Waals surface area contributed by atoms with E-state index in [-0.39, 0.29) is 29.6 Å². The number of β-lactam (4-membered cyclic amide) rings is 1. The first-order valence-corrected chi connectivity index (χ1v) is 9.80. The summed E-state index contributed by atoms with van der Waals surface area (Å²) in [5.74, 6) is -2.83. The number of fused-ring (bicyclic) bond motifs is 1. The first kappa shape index (κ1) is 20.9. The molecule has 2 N–H and O–H groups in total. The maximum absolute atomic E-state index is 12.5. The zero-order valence-corrected chi connectivity index (χ0v) is 16.7. The number of halogens is 1. The Kier molecular flexibility index (Phi) is 5.99. The predicted molar refractivity (Wildman–Crippen MR) is 102 cm³/mol. The Labute approximate surface area is 173 Å². The van der Waals surface area contributed by atoms with Crippen molar-refractivity contribution in [3.63, 3.8) is 0 Å². The van der Waals surface area contributed by atoms with Gasteiger partial charge in [0.1, 0.15) is 30.3 Å². The molecule has 2 aliphatic heterocycles. The van der Waals surface area contributed by atoms with Crippen LogP contribution in [0.5, 0.6) is 0 Å². The van der Waals surface area contributed by atoms with Gasteiger partial charge in [0.2, 0.25) is 5.91 Å². The molecule has 0 aromatic carbocycles. The van der Waals surface area contributed by atoms with Gasteiger partial charge in [0.15, 0.2) is 0 Å². The largest absolute Gasteiger partial charge is 0.477 e. The number of carbonyl (C=O) groups is 4. The lowest BCUT2D eigenvalue weighted by Crippen LogP contribution is -2.70. The summed E-state index contributed by atoms with van der Waals surface area (Å²) in [6.45, 7) is 0.639. The number of carboxylic acids is 1. The van der Waals surface area contributed by atoms with E-state index < -0.39 is 40.7 Å². The molecule has 1 aromatic heterocycles. The Morgan fingerprint density at radius 1 is 1.34 bits per heavy atom. The Morgan fingerprint density at radius 2 is 2.07 bits per heavy atom. The molecule has 0 bridgehead atoms. The van der Waals surface area contributed by atoms with Crippen molar-refractivity contribution < 1.29 is 29.0 Å². The van der Waals surface area contributed by atoms with Gasteiger partial charge in [-0.1, -0.05) is 11.6 Å². The highest BCUT2D eigenvalue weighted by Gasteiger charge is 2.54. The molecule has 0 saturated carbocycles. The van der Waals surface area contributed by atoms with Crippen molar-refractivity contribution >= 4 is 47.1 Å². The number of nitrogens with zero attached hydrogens (tertiary/aromatic N) is 2. The van der Waals surface area contributed by atoms with Gasteiger partial charge < -0.3 is 19.7 Å². The molecule has 1 aromatic rings. The number of nitrogens with one attached hydrogen (secondary N) is 1. The van der Waals surface area contributed by atoms with E-state index in [1.165, 1.54) is 37.0 Å². The van der Waals surface area contributed by atoms with Crippen molar-refractivity contribution in [2.45, 2.75) is 24.9 Å². The van der Waals surface area contributed by atoms with Gasteiger partial charge >= 0.3 is 11.9 Å². The van der Waals surface area contributed by atoms with Gasteiger partial charge in [0.25, 0.3) is 11.5 Å². The van der Waals surface area contributed by atoms with Gasteiger partial charge in [-0.05, 0) is 6.07 Å². The minimum Gasteiger partial charge on any atom is -0.477 e. The molecule has 154 valence electrons. The number of carboxylic acid groups (broad SMARTS) is 1. The van der Waals surface area contributed by atoms with Crippen LogP contribution >= 0.6 is 23.4 Å². The number of amides is 2. The molecule has 0 aliphatic carbocycles. The van der Waals surface area contributed by atoms with E-state index >= 15 is 0 Å². The fourth-order valence-corrected chi connectivity index (χ4v) is 4.49. The summed E-state index contributed by atoms with van der Waals surface area (Å²) < 4.78 is 5.96. The summed E-state index contributed by atoms with van der Waals surface area (Å²) in [6, 6.07) is 1.70. The number of carbonyl (C=O) groups excluding carboxylic acids is 3. The van der Waals surface area contributed by atoms with E-state index in [2.05, 4.69) is 5.32 Å². The number of esters is 1. The van der Waals surface area contributed by atoms with E-state index in [4.69, 9.17) is 16.3 Å². The van der Waals surface area contributed by atoms with Crippen molar-refractivity contribution in [3.8, 4) is 0 Å². The van der Waals surface area contributed by atoms with Gasteiger partial charge in [-0.2, -0.15) is 0 Å². The first-order chi connectivity index (χ1) is 13.7. The third-order valence-electron chi connectivity index (χ3n) is 4.28. The molecule has 10 nitrogen and oxygen atoms in total. The molecule has 2 amide bonds. The van der Waals surface area contributed by atoms with Crippen LogP contribution in [-0.4, -0.2) is 62.1 Å². The minimum atomic E-state index is -1.32. The molecule has 1 saturated heterocycles. The van der Waals surface area contributed by atoms with E-state index in [9.17, 15) is 29.1 Å². The summed E-state index contributed by atoms with van der Waals surface area (Å²) >= 11 is 7.06. The molecule has 3 heterocycles. The maximum atomic E-state index is 12.5. The molecule has 3 rings (SSSR count). The molecule has 1 fully saturated rings. The molecule has 0 unspecified atom stereocenters. The number of pyridine rings is 1. The third kappa shape index (κ3) is 4.30. The van der Waals surface area contributed by atoms with Crippen LogP contribution in [0.3, 0.4) is 0 Å². The number of ether oxygens (including phenoxy) is 1. The lowest BCUT2D eigenvalue weighted by atomic mass is 10.0. The molecule has 0 spiro atoms. The summed E-state index contributed by atoms with van der Waals surface area (Å²) in [7, 11) is 0. The van der Waals surface area contributed by atoms with Crippen molar-refractivity contribution in [2.24, 2.45) is 0 Å². The lowest BCUT2D eigenvalue weighted by molar-refractivity contribution is -0.151. The van der Waals surface area contributed by atoms with E-state index in [0.29, 0.717) is 5.57 Å². The summed E-state index contributed by atoms with van der Waals surface area (Å²) in [5.41, 5.74) is -0.363. The second-order valence-corrected chi connectivity index (χ2v) is 7.85. The lowest BCUT2D eigenvalue weighted by Gasteiger charge is -2.49. The van der Waals surface area contributed by atoms with E-state index in [0.717, 1.165) is 9.47 Å². The molecule has 2 aliphatic rings. The maximum Gasteiger partial charge on any atom is 0.352 e. The minimum absolute atomic E-state index is 0.226. The average Bonchev–Trinajstić information content (AvgIpc) is 2.66. The van der Waals surface area contributed by atoms with Crippen LogP contribution in [0.1, 0.15) is 6.92 Å².